The molecule has 5 heteroatoms. The van der Waals surface area contributed by atoms with Crippen LogP contribution in [0, 0.1) is 5.82 Å². The van der Waals surface area contributed by atoms with Crippen LogP contribution in [-0.4, -0.2) is 38.6 Å². The lowest BCUT2D eigenvalue weighted by molar-refractivity contribution is 0.383. The van der Waals surface area contributed by atoms with E-state index < -0.39 is 0 Å². The number of hydrogen-bond acceptors (Lipinski definition) is 3. The Morgan fingerprint density at radius 3 is 2.76 bits per heavy atom. The number of likely N-dealkylation sites (N-methyl/N-ethyl adjacent to an activating group) is 1. The second kappa shape index (κ2) is 6.91. The summed E-state index contributed by atoms with van der Waals surface area (Å²) in [7, 11) is 3.97. The van der Waals surface area contributed by atoms with Crippen molar-refractivity contribution >= 4 is 11.6 Å². The SMILES string of the molecule is CN(C)CCNC(CN)c1cc(Cl)ccc1F. The number of nitrogens with two attached hydrogens (primary N) is 1. The van der Waals surface area contributed by atoms with E-state index in [4.69, 9.17) is 17.3 Å². The third-order valence-corrected chi connectivity index (χ3v) is 2.75. The number of nitrogens with one attached hydrogen (secondary N) is 1. The van der Waals surface area contributed by atoms with Crippen molar-refractivity contribution in [1.29, 1.82) is 0 Å². The zero-order valence-corrected chi connectivity index (χ0v) is 11.0. The number of hydrogen-bond donors (Lipinski definition) is 2. The first-order valence-corrected chi connectivity index (χ1v) is 5.95. The predicted octanol–water partition coefficient (Wildman–Crippen LogP) is 1.63. The van der Waals surface area contributed by atoms with Crippen LogP contribution in [0.25, 0.3) is 0 Å². The van der Waals surface area contributed by atoms with Gasteiger partial charge < -0.3 is 16.0 Å². The van der Waals surface area contributed by atoms with Crippen molar-refractivity contribution in [2.45, 2.75) is 6.04 Å². The van der Waals surface area contributed by atoms with Crippen LogP contribution in [0.2, 0.25) is 5.02 Å². The van der Waals surface area contributed by atoms with E-state index in [0.29, 0.717) is 17.1 Å². The maximum absolute atomic E-state index is 13.6. The molecule has 1 aromatic carbocycles. The molecule has 0 saturated carbocycles. The Morgan fingerprint density at radius 1 is 1.47 bits per heavy atom. The Labute approximate surface area is 107 Å². The van der Waals surface area contributed by atoms with E-state index in [-0.39, 0.29) is 11.9 Å². The lowest BCUT2D eigenvalue weighted by Crippen LogP contribution is -2.34. The van der Waals surface area contributed by atoms with Gasteiger partial charge in [-0.3, -0.25) is 0 Å². The van der Waals surface area contributed by atoms with Gasteiger partial charge in [-0.15, -0.1) is 0 Å². The molecular weight excluding hydrogens is 241 g/mol. The highest BCUT2D eigenvalue weighted by molar-refractivity contribution is 6.30. The Kier molecular flexibility index (Phi) is 5.85. The molecule has 0 heterocycles. The standard InChI is InChI=1S/C12H19ClFN3/c1-17(2)6-5-16-12(8-15)10-7-9(13)3-4-11(10)14/h3-4,7,12,16H,5-6,8,15H2,1-2H3. The van der Waals surface area contributed by atoms with Crippen LogP contribution >= 0.6 is 11.6 Å². The first-order chi connectivity index (χ1) is 8.04. The first-order valence-electron chi connectivity index (χ1n) is 5.57. The Bertz CT molecular complexity index is 358. The molecular formula is C12H19ClFN3. The van der Waals surface area contributed by atoms with Gasteiger partial charge in [0.25, 0.3) is 0 Å². The smallest absolute Gasteiger partial charge is 0.128 e. The Morgan fingerprint density at radius 2 is 2.18 bits per heavy atom. The van der Waals surface area contributed by atoms with Crippen molar-refractivity contribution < 1.29 is 4.39 Å². The maximum Gasteiger partial charge on any atom is 0.128 e. The molecule has 0 radical (unpaired) electrons. The van der Waals surface area contributed by atoms with E-state index in [9.17, 15) is 4.39 Å². The molecule has 0 aromatic heterocycles. The van der Waals surface area contributed by atoms with Crippen LogP contribution in [0.4, 0.5) is 4.39 Å². The molecule has 1 atom stereocenters. The minimum absolute atomic E-state index is 0.200. The largest absolute Gasteiger partial charge is 0.329 e. The highest BCUT2D eigenvalue weighted by atomic mass is 35.5. The lowest BCUT2D eigenvalue weighted by atomic mass is 10.1. The number of benzene rings is 1. The van der Waals surface area contributed by atoms with Gasteiger partial charge in [-0.1, -0.05) is 11.6 Å². The van der Waals surface area contributed by atoms with E-state index >= 15 is 0 Å². The van der Waals surface area contributed by atoms with Gasteiger partial charge in [-0.05, 0) is 32.3 Å². The normalized spacial score (nSPS) is 13.1. The quantitative estimate of drug-likeness (QED) is 0.816. The zero-order valence-electron chi connectivity index (χ0n) is 10.2. The van der Waals surface area contributed by atoms with E-state index in [1.807, 2.05) is 14.1 Å². The van der Waals surface area contributed by atoms with E-state index in [0.717, 1.165) is 13.1 Å². The monoisotopic (exact) mass is 259 g/mol. The highest BCUT2D eigenvalue weighted by Crippen LogP contribution is 2.20. The molecule has 3 nitrogen and oxygen atoms in total. The van der Waals surface area contributed by atoms with E-state index in [1.165, 1.54) is 12.1 Å². The second-order valence-electron chi connectivity index (χ2n) is 4.21. The molecule has 3 N–H and O–H groups in total. The van der Waals surface area contributed by atoms with Gasteiger partial charge in [0.05, 0.1) is 0 Å². The van der Waals surface area contributed by atoms with Gasteiger partial charge in [-0.2, -0.15) is 0 Å². The van der Waals surface area contributed by atoms with Crippen molar-refractivity contribution in [3.63, 3.8) is 0 Å². The van der Waals surface area contributed by atoms with Crippen molar-refractivity contribution in [2.75, 3.05) is 33.7 Å². The zero-order chi connectivity index (χ0) is 12.8. The summed E-state index contributed by atoms with van der Waals surface area (Å²) in [5.74, 6) is -0.276. The summed E-state index contributed by atoms with van der Waals surface area (Å²) >= 11 is 5.86. The van der Waals surface area contributed by atoms with E-state index in [1.54, 1.807) is 6.07 Å². The average molecular weight is 260 g/mol. The van der Waals surface area contributed by atoms with Crippen molar-refractivity contribution in [3.8, 4) is 0 Å². The number of nitrogens with zero attached hydrogens (tertiary/aromatic N) is 1. The Balaban J connectivity index is 2.68. The molecule has 0 aliphatic carbocycles. The molecule has 0 bridgehead atoms. The number of halogens is 2. The summed E-state index contributed by atoms with van der Waals surface area (Å²) in [4.78, 5) is 2.05. The molecule has 1 unspecified atom stereocenters. The third kappa shape index (κ3) is 4.60. The Hall–Kier alpha value is -0.680. The van der Waals surface area contributed by atoms with Crippen LogP contribution in [0.5, 0.6) is 0 Å². The van der Waals surface area contributed by atoms with Gasteiger partial charge in [0.15, 0.2) is 0 Å². The van der Waals surface area contributed by atoms with Gasteiger partial charge in [0, 0.05) is 36.3 Å². The maximum atomic E-state index is 13.6. The molecule has 17 heavy (non-hydrogen) atoms. The highest BCUT2D eigenvalue weighted by Gasteiger charge is 2.14. The topological polar surface area (TPSA) is 41.3 Å². The molecule has 1 aromatic rings. The third-order valence-electron chi connectivity index (χ3n) is 2.52. The summed E-state index contributed by atoms with van der Waals surface area (Å²) in [5, 5.41) is 3.74. The first kappa shape index (κ1) is 14.4. The molecule has 0 amide bonds. The summed E-state index contributed by atoms with van der Waals surface area (Å²) in [6, 6.07) is 4.33. The second-order valence-corrected chi connectivity index (χ2v) is 4.65. The minimum atomic E-state index is -0.276. The summed E-state index contributed by atoms with van der Waals surface area (Å²) in [6.45, 7) is 1.96. The minimum Gasteiger partial charge on any atom is -0.329 e. The van der Waals surface area contributed by atoms with Crippen LogP contribution in [0.3, 0.4) is 0 Å². The molecule has 0 aliphatic rings. The fraction of sp³-hybridized carbons (Fsp3) is 0.500. The molecule has 0 spiro atoms. The lowest BCUT2D eigenvalue weighted by Gasteiger charge is -2.19. The van der Waals surface area contributed by atoms with Crippen LogP contribution < -0.4 is 11.1 Å². The van der Waals surface area contributed by atoms with Crippen molar-refractivity contribution in [1.82, 2.24) is 10.2 Å². The van der Waals surface area contributed by atoms with Crippen LogP contribution in [-0.2, 0) is 0 Å². The fourth-order valence-electron chi connectivity index (χ4n) is 1.56. The molecule has 96 valence electrons. The summed E-state index contributed by atoms with van der Waals surface area (Å²) < 4.78 is 13.6. The van der Waals surface area contributed by atoms with E-state index in [2.05, 4.69) is 10.2 Å². The van der Waals surface area contributed by atoms with Gasteiger partial charge in [0.2, 0.25) is 0 Å². The van der Waals surface area contributed by atoms with Gasteiger partial charge in [-0.25, -0.2) is 4.39 Å². The van der Waals surface area contributed by atoms with Gasteiger partial charge >= 0.3 is 0 Å². The molecule has 0 fully saturated rings. The average Bonchev–Trinajstić information content (AvgIpc) is 2.28. The van der Waals surface area contributed by atoms with Crippen molar-refractivity contribution in [2.24, 2.45) is 5.73 Å². The summed E-state index contributed by atoms with van der Waals surface area (Å²) in [6.07, 6.45) is 0. The molecule has 0 aliphatic heterocycles. The summed E-state index contributed by atoms with van der Waals surface area (Å²) in [5.41, 5.74) is 6.18. The van der Waals surface area contributed by atoms with Gasteiger partial charge in [0.1, 0.15) is 5.82 Å². The number of rotatable bonds is 6. The molecule has 0 saturated heterocycles. The molecule has 1 rings (SSSR count). The fourth-order valence-corrected chi connectivity index (χ4v) is 1.74. The van der Waals surface area contributed by atoms with Crippen LogP contribution in [0.1, 0.15) is 11.6 Å². The predicted molar refractivity (Wildman–Crippen MR) is 69.8 cm³/mol. The van der Waals surface area contributed by atoms with Crippen LogP contribution in [0.15, 0.2) is 18.2 Å². The van der Waals surface area contributed by atoms with Crippen molar-refractivity contribution in [3.05, 3.63) is 34.6 Å².